The fourth-order valence-electron chi connectivity index (χ4n) is 1.52. The number of rotatable bonds is 7. The van der Waals surface area contributed by atoms with Crippen molar-refractivity contribution < 1.29 is 9.53 Å². The van der Waals surface area contributed by atoms with E-state index in [0.29, 0.717) is 30.4 Å². The molecule has 2 N–H and O–H groups in total. The van der Waals surface area contributed by atoms with Crippen molar-refractivity contribution in [1.29, 1.82) is 0 Å². The van der Waals surface area contributed by atoms with Crippen molar-refractivity contribution in [2.24, 2.45) is 5.92 Å². The minimum Gasteiger partial charge on any atom is -0.494 e. The van der Waals surface area contributed by atoms with Gasteiger partial charge in [-0.15, -0.1) is 6.58 Å². The predicted molar refractivity (Wildman–Crippen MR) is 89.7 cm³/mol. The molecule has 0 bridgehead atoms. The van der Waals surface area contributed by atoms with Crippen LogP contribution in [0.5, 0.6) is 5.75 Å². The number of hydrogen-bond donors (Lipinski definition) is 2. The van der Waals surface area contributed by atoms with Crippen molar-refractivity contribution in [3.05, 3.63) is 42.5 Å². The number of benzene rings is 1. The summed E-state index contributed by atoms with van der Waals surface area (Å²) in [6, 6.07) is 7.07. The quantitative estimate of drug-likeness (QED) is 0.601. The Labute approximate surface area is 131 Å². The lowest BCUT2D eigenvalue weighted by molar-refractivity contribution is 0.0976. The number of hydrogen-bond acceptors (Lipinski definition) is 3. The maximum absolute atomic E-state index is 12.0. The van der Waals surface area contributed by atoms with E-state index in [9.17, 15) is 4.79 Å². The molecule has 0 saturated heterocycles. The molecule has 0 spiro atoms. The summed E-state index contributed by atoms with van der Waals surface area (Å²) in [5, 5.41) is 5.74. The number of ether oxygens (including phenoxy) is 1. The topological polar surface area (TPSA) is 50.4 Å². The van der Waals surface area contributed by atoms with Crippen LogP contribution in [0, 0.1) is 5.92 Å². The summed E-state index contributed by atoms with van der Waals surface area (Å²) in [6.07, 6.45) is 2.65. The normalized spacial score (nSPS) is 10.0. The van der Waals surface area contributed by atoms with E-state index in [0.717, 1.165) is 6.42 Å². The van der Waals surface area contributed by atoms with Crippen LogP contribution in [0.15, 0.2) is 36.9 Å². The molecule has 1 rings (SSSR count). The lowest BCUT2D eigenvalue weighted by Gasteiger charge is -2.10. The van der Waals surface area contributed by atoms with Crippen LogP contribution < -0.4 is 15.4 Å². The average Bonchev–Trinajstić information content (AvgIpc) is 2.45. The molecule has 1 aromatic rings. The molecule has 0 aliphatic heterocycles. The van der Waals surface area contributed by atoms with Crippen LogP contribution in [-0.4, -0.2) is 24.2 Å². The molecule has 0 unspecified atom stereocenters. The Morgan fingerprint density at radius 3 is 2.90 bits per heavy atom. The van der Waals surface area contributed by atoms with E-state index in [1.54, 1.807) is 24.3 Å². The molecule has 5 heteroatoms. The van der Waals surface area contributed by atoms with E-state index in [1.165, 1.54) is 0 Å². The van der Waals surface area contributed by atoms with Crippen LogP contribution in [-0.2, 0) is 0 Å². The van der Waals surface area contributed by atoms with E-state index >= 15 is 0 Å². The van der Waals surface area contributed by atoms with Gasteiger partial charge in [0.1, 0.15) is 5.75 Å². The highest BCUT2D eigenvalue weighted by molar-refractivity contribution is 7.80. The van der Waals surface area contributed by atoms with Crippen LogP contribution in [0.25, 0.3) is 0 Å². The van der Waals surface area contributed by atoms with Crippen molar-refractivity contribution in [2.45, 2.75) is 20.3 Å². The highest BCUT2D eigenvalue weighted by Crippen LogP contribution is 2.14. The van der Waals surface area contributed by atoms with Crippen molar-refractivity contribution in [2.75, 3.05) is 13.2 Å². The van der Waals surface area contributed by atoms with Gasteiger partial charge in [-0.3, -0.25) is 10.1 Å². The second-order valence-corrected chi connectivity index (χ2v) is 5.42. The summed E-state index contributed by atoms with van der Waals surface area (Å²) in [7, 11) is 0. The molecule has 1 amide bonds. The van der Waals surface area contributed by atoms with Gasteiger partial charge in [-0.05, 0) is 42.8 Å². The Balaban J connectivity index is 2.56. The first kappa shape index (κ1) is 17.2. The summed E-state index contributed by atoms with van der Waals surface area (Å²) in [5.41, 5.74) is 0.514. The van der Waals surface area contributed by atoms with Gasteiger partial charge in [-0.1, -0.05) is 26.0 Å². The van der Waals surface area contributed by atoms with Gasteiger partial charge in [0.15, 0.2) is 5.11 Å². The molecule has 1 aromatic carbocycles. The molecule has 21 heavy (non-hydrogen) atoms. The van der Waals surface area contributed by atoms with Gasteiger partial charge in [0.05, 0.1) is 6.61 Å². The second-order valence-electron chi connectivity index (χ2n) is 5.01. The molecule has 0 radical (unpaired) electrons. The van der Waals surface area contributed by atoms with Crippen molar-refractivity contribution in [3.8, 4) is 5.75 Å². The maximum atomic E-state index is 12.0. The zero-order valence-electron chi connectivity index (χ0n) is 12.5. The molecule has 0 atom stereocenters. The highest BCUT2D eigenvalue weighted by atomic mass is 32.1. The summed E-state index contributed by atoms with van der Waals surface area (Å²) < 4.78 is 5.64. The first-order valence-electron chi connectivity index (χ1n) is 6.96. The average molecular weight is 306 g/mol. The Morgan fingerprint density at radius 2 is 2.24 bits per heavy atom. The molecule has 0 heterocycles. The first-order valence-corrected chi connectivity index (χ1v) is 7.36. The number of carbonyl (C=O) groups is 1. The van der Waals surface area contributed by atoms with Crippen LogP contribution in [0.2, 0.25) is 0 Å². The molecule has 114 valence electrons. The Bertz CT molecular complexity index is 501. The summed E-state index contributed by atoms with van der Waals surface area (Å²) in [6.45, 7) is 9.01. The zero-order chi connectivity index (χ0) is 15.7. The van der Waals surface area contributed by atoms with E-state index < -0.39 is 0 Å². The van der Waals surface area contributed by atoms with Crippen molar-refractivity contribution >= 4 is 23.2 Å². The van der Waals surface area contributed by atoms with Crippen LogP contribution >= 0.6 is 12.2 Å². The summed E-state index contributed by atoms with van der Waals surface area (Å²) in [5.74, 6) is 1.02. The fourth-order valence-corrected chi connectivity index (χ4v) is 1.70. The third kappa shape index (κ3) is 6.90. The first-order chi connectivity index (χ1) is 10.0. The fraction of sp³-hybridized carbons (Fsp3) is 0.375. The van der Waals surface area contributed by atoms with Crippen molar-refractivity contribution in [1.82, 2.24) is 10.6 Å². The zero-order valence-corrected chi connectivity index (χ0v) is 13.3. The van der Waals surface area contributed by atoms with Crippen LogP contribution in [0.3, 0.4) is 0 Å². The predicted octanol–water partition coefficient (Wildman–Crippen LogP) is 2.90. The minimum atomic E-state index is -0.258. The van der Waals surface area contributed by atoms with E-state index in [-0.39, 0.29) is 11.0 Å². The number of nitrogens with one attached hydrogen (secondary N) is 2. The summed E-state index contributed by atoms with van der Waals surface area (Å²) in [4.78, 5) is 12.0. The lowest BCUT2D eigenvalue weighted by atomic mass is 10.1. The summed E-state index contributed by atoms with van der Waals surface area (Å²) >= 11 is 5.01. The second kappa shape index (κ2) is 9.13. The Hall–Kier alpha value is -1.88. The van der Waals surface area contributed by atoms with E-state index in [2.05, 4.69) is 31.1 Å². The van der Waals surface area contributed by atoms with Crippen molar-refractivity contribution in [3.63, 3.8) is 0 Å². The molecule has 0 aromatic heterocycles. The monoisotopic (exact) mass is 306 g/mol. The third-order valence-electron chi connectivity index (χ3n) is 2.69. The van der Waals surface area contributed by atoms with Crippen LogP contribution in [0.1, 0.15) is 30.6 Å². The largest absolute Gasteiger partial charge is 0.494 e. The molecule has 4 nitrogen and oxygen atoms in total. The number of thiocarbonyl (C=S) groups is 1. The van der Waals surface area contributed by atoms with Gasteiger partial charge in [0.25, 0.3) is 5.91 Å². The molecular formula is C16H22N2O2S. The minimum absolute atomic E-state index is 0.258. The van der Waals surface area contributed by atoms with Gasteiger partial charge >= 0.3 is 0 Å². The Kier molecular flexibility index (Phi) is 7.46. The number of amides is 1. The van der Waals surface area contributed by atoms with Gasteiger partial charge in [-0.2, -0.15) is 0 Å². The molecule has 0 aliphatic rings. The van der Waals surface area contributed by atoms with Gasteiger partial charge in [0.2, 0.25) is 0 Å². The molecule has 0 aliphatic carbocycles. The van der Waals surface area contributed by atoms with Gasteiger partial charge in [-0.25, -0.2) is 0 Å². The van der Waals surface area contributed by atoms with E-state index in [1.807, 2.05) is 6.07 Å². The smallest absolute Gasteiger partial charge is 0.257 e. The third-order valence-corrected chi connectivity index (χ3v) is 2.94. The van der Waals surface area contributed by atoms with E-state index in [4.69, 9.17) is 17.0 Å². The Morgan fingerprint density at radius 1 is 1.48 bits per heavy atom. The van der Waals surface area contributed by atoms with Gasteiger partial charge < -0.3 is 10.1 Å². The lowest BCUT2D eigenvalue weighted by Crippen LogP contribution is -2.39. The molecular weight excluding hydrogens is 284 g/mol. The highest BCUT2D eigenvalue weighted by Gasteiger charge is 2.08. The van der Waals surface area contributed by atoms with Gasteiger partial charge in [0, 0.05) is 12.1 Å². The standard InChI is InChI=1S/C16H22N2O2S/c1-4-9-17-16(21)18-15(19)13-6-5-7-14(11-13)20-10-8-12(2)3/h4-7,11-12H,1,8-10H2,2-3H3,(H2,17,18,19,21). The van der Waals surface area contributed by atoms with Crippen LogP contribution in [0.4, 0.5) is 0 Å². The molecule has 0 fully saturated rings. The molecule has 0 saturated carbocycles. The SMILES string of the molecule is C=CCNC(=S)NC(=O)c1cccc(OCCC(C)C)c1. The number of carbonyl (C=O) groups excluding carboxylic acids is 1. The maximum Gasteiger partial charge on any atom is 0.257 e.